The number of nitrogens with zero attached hydrogens (tertiary/aromatic N) is 2. The minimum absolute atomic E-state index is 0.0257. The topological polar surface area (TPSA) is 65.5 Å². The van der Waals surface area contributed by atoms with Gasteiger partial charge in [0.05, 0.1) is 11.2 Å². The van der Waals surface area contributed by atoms with E-state index in [1.807, 2.05) is 17.0 Å². The van der Waals surface area contributed by atoms with Crippen LogP contribution in [-0.2, 0) is 0 Å². The highest BCUT2D eigenvalue weighted by molar-refractivity contribution is 5.94. The molecule has 2 aliphatic rings. The van der Waals surface area contributed by atoms with Gasteiger partial charge in [0.2, 0.25) is 0 Å². The smallest absolute Gasteiger partial charge is 0.255 e. The van der Waals surface area contributed by atoms with Crippen LogP contribution in [0.15, 0.2) is 18.3 Å². The fourth-order valence-electron chi connectivity index (χ4n) is 3.61. The van der Waals surface area contributed by atoms with Crippen molar-refractivity contribution in [2.75, 3.05) is 25.5 Å². The molecule has 3 rings (SSSR count). The second kappa shape index (κ2) is 5.64. The zero-order valence-corrected chi connectivity index (χ0v) is 12.5. The lowest BCUT2D eigenvalue weighted by Gasteiger charge is -2.47. The number of likely N-dealkylation sites (tertiary alicyclic amines) is 1. The molecule has 1 aromatic heterocycles. The number of rotatable bonds is 2. The summed E-state index contributed by atoms with van der Waals surface area (Å²) in [7, 11) is 1.80. The van der Waals surface area contributed by atoms with Crippen molar-refractivity contribution in [3.05, 3.63) is 23.9 Å². The molecule has 0 spiro atoms. The van der Waals surface area contributed by atoms with Crippen LogP contribution in [-0.4, -0.2) is 46.6 Å². The molecule has 0 aromatic carbocycles. The van der Waals surface area contributed by atoms with Crippen LogP contribution >= 0.6 is 0 Å². The van der Waals surface area contributed by atoms with Gasteiger partial charge >= 0.3 is 0 Å². The van der Waals surface area contributed by atoms with Gasteiger partial charge in [0.25, 0.3) is 5.91 Å². The quantitative estimate of drug-likeness (QED) is 0.872. The Morgan fingerprint density at radius 1 is 1.43 bits per heavy atom. The molecule has 5 heteroatoms. The summed E-state index contributed by atoms with van der Waals surface area (Å²) in [4.78, 5) is 18.6. The molecule has 0 radical (unpaired) electrons. The number of anilines is 1. The Labute approximate surface area is 125 Å². The number of pyridine rings is 1. The Kier molecular flexibility index (Phi) is 3.85. The van der Waals surface area contributed by atoms with Gasteiger partial charge in [0.1, 0.15) is 5.82 Å². The molecule has 5 nitrogen and oxygen atoms in total. The van der Waals surface area contributed by atoms with E-state index in [9.17, 15) is 9.90 Å². The minimum Gasteiger partial charge on any atom is -0.389 e. The van der Waals surface area contributed by atoms with Crippen LogP contribution in [0.4, 0.5) is 5.82 Å². The second-order valence-electron chi connectivity index (χ2n) is 6.23. The largest absolute Gasteiger partial charge is 0.389 e. The van der Waals surface area contributed by atoms with Gasteiger partial charge in [-0.3, -0.25) is 4.79 Å². The molecule has 1 saturated heterocycles. The predicted octanol–water partition coefficient (Wildman–Crippen LogP) is 1.89. The highest BCUT2D eigenvalue weighted by Gasteiger charge is 2.43. The lowest BCUT2D eigenvalue weighted by molar-refractivity contribution is -0.0886. The number of nitrogens with one attached hydrogen (secondary N) is 1. The van der Waals surface area contributed by atoms with Crippen molar-refractivity contribution in [3.63, 3.8) is 0 Å². The van der Waals surface area contributed by atoms with Crippen LogP contribution in [0.3, 0.4) is 0 Å². The number of aromatic nitrogens is 1. The first-order valence-corrected chi connectivity index (χ1v) is 7.78. The summed E-state index contributed by atoms with van der Waals surface area (Å²) in [6, 6.07) is 3.62. The third-order valence-corrected chi connectivity index (χ3v) is 4.98. The molecule has 1 aromatic rings. The molecule has 0 bridgehead atoms. The normalized spacial score (nSPS) is 28.9. The van der Waals surface area contributed by atoms with Crippen molar-refractivity contribution in [1.29, 1.82) is 0 Å². The van der Waals surface area contributed by atoms with Gasteiger partial charge in [-0.05, 0) is 31.4 Å². The number of aliphatic hydroxyl groups is 1. The molecule has 114 valence electrons. The van der Waals surface area contributed by atoms with E-state index >= 15 is 0 Å². The van der Waals surface area contributed by atoms with E-state index in [2.05, 4.69) is 10.3 Å². The molecule has 21 heavy (non-hydrogen) atoms. The number of amides is 1. The van der Waals surface area contributed by atoms with Crippen molar-refractivity contribution in [2.45, 2.75) is 37.7 Å². The van der Waals surface area contributed by atoms with E-state index in [0.29, 0.717) is 25.1 Å². The summed E-state index contributed by atoms with van der Waals surface area (Å²) in [6.07, 6.45) is 6.50. The maximum absolute atomic E-state index is 12.6. The van der Waals surface area contributed by atoms with Gasteiger partial charge in [-0.1, -0.05) is 12.8 Å². The van der Waals surface area contributed by atoms with Crippen LogP contribution < -0.4 is 5.32 Å². The minimum atomic E-state index is -0.538. The molecule has 2 fully saturated rings. The molecule has 2 heterocycles. The number of hydrogen-bond acceptors (Lipinski definition) is 4. The van der Waals surface area contributed by atoms with Gasteiger partial charge < -0.3 is 15.3 Å². The highest BCUT2D eigenvalue weighted by Crippen LogP contribution is 2.39. The molecule has 1 aliphatic heterocycles. The van der Waals surface area contributed by atoms with Crippen LogP contribution in [0.25, 0.3) is 0 Å². The van der Waals surface area contributed by atoms with Gasteiger partial charge in [0.15, 0.2) is 0 Å². The summed E-state index contributed by atoms with van der Waals surface area (Å²) in [5.41, 5.74) is 0.0822. The number of piperidine rings is 1. The van der Waals surface area contributed by atoms with Crippen molar-refractivity contribution >= 4 is 11.7 Å². The predicted molar refractivity (Wildman–Crippen MR) is 81.2 cm³/mol. The Morgan fingerprint density at radius 2 is 2.29 bits per heavy atom. The average Bonchev–Trinajstić information content (AvgIpc) is 2.53. The third-order valence-electron chi connectivity index (χ3n) is 4.98. The van der Waals surface area contributed by atoms with Crippen molar-refractivity contribution in [3.8, 4) is 0 Å². The lowest BCUT2D eigenvalue weighted by atomic mass is 9.71. The fourth-order valence-corrected chi connectivity index (χ4v) is 3.61. The number of carbonyl (C=O) groups is 1. The van der Waals surface area contributed by atoms with E-state index in [1.165, 1.54) is 0 Å². The number of carbonyl (C=O) groups excluding carboxylic acids is 1. The summed E-state index contributed by atoms with van der Waals surface area (Å²) >= 11 is 0. The van der Waals surface area contributed by atoms with Gasteiger partial charge in [-0.25, -0.2) is 4.98 Å². The first kappa shape index (κ1) is 14.3. The molecule has 2 atom stereocenters. The van der Waals surface area contributed by atoms with Crippen LogP contribution in [0.2, 0.25) is 0 Å². The van der Waals surface area contributed by atoms with Gasteiger partial charge in [-0.15, -0.1) is 0 Å². The van der Waals surface area contributed by atoms with E-state index in [4.69, 9.17) is 0 Å². The maximum atomic E-state index is 12.6. The van der Waals surface area contributed by atoms with E-state index in [-0.39, 0.29) is 11.8 Å². The van der Waals surface area contributed by atoms with E-state index in [0.717, 1.165) is 31.5 Å². The Hall–Kier alpha value is -1.62. The number of fused-ring (bicyclic) bond motifs is 1. The van der Waals surface area contributed by atoms with Crippen molar-refractivity contribution in [1.82, 2.24) is 9.88 Å². The molecule has 2 unspecified atom stereocenters. The summed E-state index contributed by atoms with van der Waals surface area (Å²) in [5.74, 6) is 1.01. The Bertz CT molecular complexity index is 517. The van der Waals surface area contributed by atoms with Crippen LogP contribution in [0, 0.1) is 5.92 Å². The zero-order valence-electron chi connectivity index (χ0n) is 12.5. The fraction of sp³-hybridized carbons (Fsp3) is 0.625. The molecular weight excluding hydrogens is 266 g/mol. The average molecular weight is 289 g/mol. The van der Waals surface area contributed by atoms with E-state index in [1.54, 1.807) is 13.2 Å². The lowest BCUT2D eigenvalue weighted by Crippen LogP contribution is -2.54. The van der Waals surface area contributed by atoms with Crippen LogP contribution in [0.1, 0.15) is 42.5 Å². The zero-order chi connectivity index (χ0) is 14.9. The Balaban J connectivity index is 1.70. The standard InChI is InChI=1S/C16H23N3O2/c1-17-14-6-5-12(10-18-14)15(20)19-9-8-16(21)7-3-2-4-13(16)11-19/h5-6,10,13,21H,2-4,7-9,11H2,1H3,(H,17,18). The van der Waals surface area contributed by atoms with Gasteiger partial charge in [0, 0.05) is 32.3 Å². The van der Waals surface area contributed by atoms with Crippen molar-refractivity contribution in [2.24, 2.45) is 5.92 Å². The van der Waals surface area contributed by atoms with Gasteiger partial charge in [-0.2, -0.15) is 0 Å². The molecule has 1 amide bonds. The monoisotopic (exact) mass is 289 g/mol. The number of hydrogen-bond donors (Lipinski definition) is 2. The molecule has 1 saturated carbocycles. The summed E-state index contributed by atoms with van der Waals surface area (Å²) in [5, 5.41) is 13.6. The summed E-state index contributed by atoms with van der Waals surface area (Å²) in [6.45, 7) is 1.31. The third kappa shape index (κ3) is 2.75. The first-order valence-electron chi connectivity index (χ1n) is 7.78. The highest BCUT2D eigenvalue weighted by atomic mass is 16.3. The molecular formula is C16H23N3O2. The first-order chi connectivity index (χ1) is 10.1. The Morgan fingerprint density at radius 3 is 3.00 bits per heavy atom. The van der Waals surface area contributed by atoms with E-state index < -0.39 is 5.60 Å². The van der Waals surface area contributed by atoms with Crippen LogP contribution in [0.5, 0.6) is 0 Å². The summed E-state index contributed by atoms with van der Waals surface area (Å²) < 4.78 is 0. The SMILES string of the molecule is CNc1ccc(C(=O)N2CCC3(O)CCCCC3C2)cn1. The molecule has 2 N–H and O–H groups in total. The van der Waals surface area contributed by atoms with Crippen molar-refractivity contribution < 1.29 is 9.90 Å². The molecule has 1 aliphatic carbocycles. The maximum Gasteiger partial charge on any atom is 0.255 e. The second-order valence-corrected chi connectivity index (χ2v) is 6.23.